The smallest absolute Gasteiger partial charge is 0.305 e. The Labute approximate surface area is 126 Å². The zero-order valence-electron chi connectivity index (χ0n) is 12.3. The van der Waals surface area contributed by atoms with Crippen molar-refractivity contribution in [2.45, 2.75) is 25.3 Å². The molecule has 1 unspecified atom stereocenters. The third-order valence-corrected chi connectivity index (χ3v) is 3.42. The summed E-state index contributed by atoms with van der Waals surface area (Å²) in [4.78, 5) is 11.2. The number of anilines is 1. The lowest BCUT2D eigenvalue weighted by Gasteiger charge is -2.20. The lowest BCUT2D eigenvalue weighted by atomic mass is 10.0. The minimum Gasteiger partial charge on any atom is -0.469 e. The molecule has 3 heteroatoms. The van der Waals surface area contributed by atoms with Gasteiger partial charge in [0.15, 0.2) is 0 Å². The highest BCUT2D eigenvalue weighted by Gasteiger charge is 2.12. The molecule has 0 fully saturated rings. The molecule has 0 aliphatic rings. The van der Waals surface area contributed by atoms with E-state index in [1.165, 1.54) is 12.7 Å². The molecule has 0 radical (unpaired) electrons. The molecule has 0 heterocycles. The fourth-order valence-corrected chi connectivity index (χ4v) is 2.30. The van der Waals surface area contributed by atoms with Gasteiger partial charge in [0.25, 0.3) is 0 Å². The molecule has 1 atom stereocenters. The normalized spacial score (nSPS) is 11.7. The quantitative estimate of drug-likeness (QED) is 0.775. The molecule has 110 valence electrons. The molecule has 2 rings (SSSR count). The number of nitrogens with one attached hydrogen (secondary N) is 1. The van der Waals surface area contributed by atoms with Crippen molar-refractivity contribution in [3.8, 4) is 0 Å². The first-order valence-corrected chi connectivity index (χ1v) is 7.23. The Morgan fingerprint density at radius 1 is 1.05 bits per heavy atom. The Hall–Kier alpha value is -2.29. The summed E-state index contributed by atoms with van der Waals surface area (Å²) in [5, 5.41) is 3.53. The first-order chi connectivity index (χ1) is 10.3. The Bertz CT molecular complexity index is 540. The van der Waals surface area contributed by atoms with Crippen LogP contribution in [0.5, 0.6) is 0 Å². The molecule has 0 amide bonds. The molecule has 3 nitrogen and oxygen atoms in total. The maximum Gasteiger partial charge on any atom is 0.305 e. The number of para-hydroxylation sites is 1. The van der Waals surface area contributed by atoms with E-state index >= 15 is 0 Å². The van der Waals surface area contributed by atoms with Gasteiger partial charge in [0.2, 0.25) is 0 Å². The summed E-state index contributed by atoms with van der Waals surface area (Å²) < 4.78 is 4.70. The monoisotopic (exact) mass is 283 g/mol. The van der Waals surface area contributed by atoms with Crippen molar-refractivity contribution in [3.63, 3.8) is 0 Å². The molecule has 0 saturated carbocycles. The lowest BCUT2D eigenvalue weighted by molar-refractivity contribution is -0.140. The summed E-state index contributed by atoms with van der Waals surface area (Å²) in [6.07, 6.45) is 2.14. The van der Waals surface area contributed by atoms with Crippen molar-refractivity contribution < 1.29 is 9.53 Å². The third kappa shape index (κ3) is 4.95. The van der Waals surface area contributed by atoms with E-state index in [9.17, 15) is 4.79 Å². The maximum atomic E-state index is 11.2. The molecule has 0 spiro atoms. The minimum atomic E-state index is -0.151. The number of carbonyl (C=O) groups excluding carboxylic acids is 1. The second kappa shape index (κ2) is 8.10. The minimum absolute atomic E-state index is 0.151. The van der Waals surface area contributed by atoms with Gasteiger partial charge in [-0.05, 0) is 30.5 Å². The van der Waals surface area contributed by atoms with Gasteiger partial charge in [-0.3, -0.25) is 4.79 Å². The van der Waals surface area contributed by atoms with E-state index in [2.05, 4.69) is 29.6 Å². The SMILES string of the molecule is COC(=O)CCCC(Nc1ccccc1)c1ccccc1. The summed E-state index contributed by atoms with van der Waals surface area (Å²) >= 11 is 0. The summed E-state index contributed by atoms with van der Waals surface area (Å²) in [6, 6.07) is 20.6. The number of esters is 1. The van der Waals surface area contributed by atoms with E-state index in [4.69, 9.17) is 4.74 Å². The highest BCUT2D eigenvalue weighted by Crippen LogP contribution is 2.24. The van der Waals surface area contributed by atoms with Gasteiger partial charge >= 0.3 is 5.97 Å². The van der Waals surface area contributed by atoms with E-state index in [-0.39, 0.29) is 12.0 Å². The number of rotatable bonds is 7. The van der Waals surface area contributed by atoms with Crippen molar-refractivity contribution in [2.24, 2.45) is 0 Å². The van der Waals surface area contributed by atoms with Crippen LogP contribution >= 0.6 is 0 Å². The van der Waals surface area contributed by atoms with Crippen LogP contribution in [0.1, 0.15) is 30.9 Å². The van der Waals surface area contributed by atoms with Crippen LogP contribution in [0.2, 0.25) is 0 Å². The number of benzene rings is 2. The molecule has 0 saturated heterocycles. The Balaban J connectivity index is 2.02. The predicted octanol–water partition coefficient (Wildman–Crippen LogP) is 4.18. The van der Waals surface area contributed by atoms with Gasteiger partial charge in [0.05, 0.1) is 13.2 Å². The zero-order valence-corrected chi connectivity index (χ0v) is 12.3. The number of methoxy groups -OCH3 is 1. The summed E-state index contributed by atoms with van der Waals surface area (Å²) in [7, 11) is 1.43. The molecule has 0 aliphatic carbocycles. The Morgan fingerprint density at radius 2 is 1.67 bits per heavy atom. The molecule has 0 aromatic heterocycles. The van der Waals surface area contributed by atoms with Crippen LogP contribution < -0.4 is 5.32 Å². The standard InChI is InChI=1S/C18H21NO2/c1-21-18(20)14-8-13-17(15-9-4-2-5-10-15)19-16-11-6-3-7-12-16/h2-7,9-12,17,19H,8,13-14H2,1H3. The van der Waals surface area contributed by atoms with Crippen LogP contribution in [0.3, 0.4) is 0 Å². The van der Waals surface area contributed by atoms with Crippen molar-refractivity contribution in [1.82, 2.24) is 0 Å². The molecule has 2 aromatic carbocycles. The van der Waals surface area contributed by atoms with E-state index in [1.807, 2.05) is 36.4 Å². The highest BCUT2D eigenvalue weighted by atomic mass is 16.5. The van der Waals surface area contributed by atoms with E-state index < -0.39 is 0 Å². The third-order valence-electron chi connectivity index (χ3n) is 3.42. The first-order valence-electron chi connectivity index (χ1n) is 7.23. The number of ether oxygens (including phenoxy) is 1. The highest BCUT2D eigenvalue weighted by molar-refractivity contribution is 5.69. The van der Waals surface area contributed by atoms with Crippen LogP contribution in [0.15, 0.2) is 60.7 Å². The van der Waals surface area contributed by atoms with Crippen molar-refractivity contribution in [1.29, 1.82) is 0 Å². The van der Waals surface area contributed by atoms with Gasteiger partial charge in [0, 0.05) is 12.1 Å². The number of hydrogen-bond donors (Lipinski definition) is 1. The van der Waals surface area contributed by atoms with Gasteiger partial charge in [-0.15, -0.1) is 0 Å². The lowest BCUT2D eigenvalue weighted by Crippen LogP contribution is -2.11. The Morgan fingerprint density at radius 3 is 2.29 bits per heavy atom. The first kappa shape index (κ1) is 15.1. The molecule has 2 aromatic rings. The van der Waals surface area contributed by atoms with Gasteiger partial charge in [-0.25, -0.2) is 0 Å². The number of carbonyl (C=O) groups is 1. The summed E-state index contributed by atoms with van der Waals surface area (Å²) in [5.41, 5.74) is 2.32. The van der Waals surface area contributed by atoms with Gasteiger partial charge in [-0.1, -0.05) is 48.5 Å². The van der Waals surface area contributed by atoms with E-state index in [0.717, 1.165) is 18.5 Å². The average molecular weight is 283 g/mol. The van der Waals surface area contributed by atoms with Crippen LogP contribution in [0.25, 0.3) is 0 Å². The molecule has 21 heavy (non-hydrogen) atoms. The van der Waals surface area contributed by atoms with Crippen LogP contribution in [-0.2, 0) is 9.53 Å². The summed E-state index contributed by atoms with van der Waals surface area (Å²) in [6.45, 7) is 0. The molecule has 1 N–H and O–H groups in total. The van der Waals surface area contributed by atoms with Crippen LogP contribution in [0, 0.1) is 0 Å². The Kier molecular flexibility index (Phi) is 5.83. The fourth-order valence-electron chi connectivity index (χ4n) is 2.30. The van der Waals surface area contributed by atoms with Crippen LogP contribution in [-0.4, -0.2) is 13.1 Å². The van der Waals surface area contributed by atoms with E-state index in [0.29, 0.717) is 6.42 Å². The average Bonchev–Trinajstić information content (AvgIpc) is 2.55. The fraction of sp³-hybridized carbons (Fsp3) is 0.278. The van der Waals surface area contributed by atoms with Crippen LogP contribution in [0.4, 0.5) is 5.69 Å². The van der Waals surface area contributed by atoms with Gasteiger partial charge in [-0.2, -0.15) is 0 Å². The number of hydrogen-bond acceptors (Lipinski definition) is 3. The van der Waals surface area contributed by atoms with Crippen molar-refractivity contribution in [2.75, 3.05) is 12.4 Å². The van der Waals surface area contributed by atoms with Crippen molar-refractivity contribution in [3.05, 3.63) is 66.2 Å². The summed E-state index contributed by atoms with van der Waals surface area (Å²) in [5.74, 6) is -0.151. The topological polar surface area (TPSA) is 38.3 Å². The van der Waals surface area contributed by atoms with E-state index in [1.54, 1.807) is 0 Å². The molecular formula is C18H21NO2. The largest absolute Gasteiger partial charge is 0.469 e. The second-order valence-electron chi connectivity index (χ2n) is 4.94. The molecular weight excluding hydrogens is 262 g/mol. The maximum absolute atomic E-state index is 11.2. The molecule has 0 aliphatic heterocycles. The zero-order chi connectivity index (χ0) is 14.9. The second-order valence-corrected chi connectivity index (χ2v) is 4.94. The van der Waals surface area contributed by atoms with Gasteiger partial charge in [0.1, 0.15) is 0 Å². The molecule has 0 bridgehead atoms. The predicted molar refractivity (Wildman–Crippen MR) is 85.1 cm³/mol. The van der Waals surface area contributed by atoms with Gasteiger partial charge < -0.3 is 10.1 Å². The van der Waals surface area contributed by atoms with Crippen molar-refractivity contribution >= 4 is 11.7 Å².